The summed E-state index contributed by atoms with van der Waals surface area (Å²) in [4.78, 5) is 46.3. The van der Waals surface area contributed by atoms with Crippen molar-refractivity contribution in [2.75, 3.05) is 16.8 Å². The Morgan fingerprint density at radius 3 is 2.53 bits per heavy atom. The molecule has 0 aliphatic carbocycles. The molecule has 2 N–H and O–H groups in total. The third-order valence-corrected chi connectivity index (χ3v) is 7.45. The van der Waals surface area contributed by atoms with Crippen LogP contribution in [0.2, 0.25) is 0 Å². The van der Waals surface area contributed by atoms with Crippen LogP contribution in [0.4, 0.5) is 16.8 Å². The fourth-order valence-corrected chi connectivity index (χ4v) is 5.11. The van der Waals surface area contributed by atoms with Crippen LogP contribution < -0.4 is 10.2 Å². The topological polar surface area (TPSA) is 156 Å². The minimum atomic E-state index is -0.978. The number of carboxylic acids is 1. The molecule has 1 aromatic carbocycles. The molecular weight excluding hydrogens is 510 g/mol. The second-order valence-corrected chi connectivity index (χ2v) is 11.1. The van der Waals surface area contributed by atoms with E-state index < -0.39 is 22.8 Å². The first-order valence-electron chi connectivity index (χ1n) is 11.9. The van der Waals surface area contributed by atoms with Crippen LogP contribution in [0.15, 0.2) is 42.6 Å². The molecule has 4 heterocycles. The van der Waals surface area contributed by atoms with E-state index in [9.17, 15) is 24.8 Å². The summed E-state index contributed by atoms with van der Waals surface area (Å²) >= 11 is 0.749. The molecule has 12 nitrogen and oxygen atoms in total. The number of amides is 1. The Bertz CT molecular complexity index is 1550. The van der Waals surface area contributed by atoms with E-state index in [1.54, 1.807) is 9.58 Å². The number of thiophene rings is 1. The van der Waals surface area contributed by atoms with E-state index in [0.29, 0.717) is 30.4 Å². The lowest BCUT2D eigenvalue weighted by atomic mass is 9.87. The van der Waals surface area contributed by atoms with Crippen LogP contribution in [0.25, 0.3) is 16.7 Å². The Morgan fingerprint density at radius 2 is 1.89 bits per heavy atom. The Labute approximate surface area is 221 Å². The normalized spacial score (nSPS) is 15.7. The van der Waals surface area contributed by atoms with Crippen LogP contribution in [0.1, 0.15) is 48.8 Å². The number of hydrogen-bond acceptors (Lipinski definition) is 9. The van der Waals surface area contributed by atoms with Gasteiger partial charge in [-0.2, -0.15) is 15.1 Å². The smallest absolute Gasteiger partial charge is 0.326 e. The van der Waals surface area contributed by atoms with Gasteiger partial charge in [-0.3, -0.25) is 14.9 Å². The standard InChI is InChI=1S/C25H25N7O5S/c1-25(2,3)14-6-8-15(9-7-14)31-21-16(13-26-31)20(27-22(33)18-10-11-19(38-18)32(36)37)28-24(29-21)30-12-4-5-17(30)23(34)35/h6-11,13,17H,4-5,12H2,1-3H3,(H,34,35)(H,27,28,29,33)/t17-/m0/s1. The lowest BCUT2D eigenvalue weighted by Crippen LogP contribution is -2.37. The van der Waals surface area contributed by atoms with Gasteiger partial charge < -0.3 is 15.3 Å². The van der Waals surface area contributed by atoms with Crippen LogP contribution in [0, 0.1) is 10.1 Å². The number of anilines is 2. The molecule has 0 bridgehead atoms. The first kappa shape index (κ1) is 25.3. The summed E-state index contributed by atoms with van der Waals surface area (Å²) in [6.07, 6.45) is 2.64. The maximum atomic E-state index is 13.0. The molecule has 38 heavy (non-hydrogen) atoms. The summed E-state index contributed by atoms with van der Waals surface area (Å²) in [6.45, 7) is 6.81. The van der Waals surface area contributed by atoms with E-state index in [4.69, 9.17) is 0 Å². The molecule has 1 saturated heterocycles. The van der Waals surface area contributed by atoms with Gasteiger partial charge in [-0.25, -0.2) is 9.48 Å². The van der Waals surface area contributed by atoms with E-state index in [0.717, 1.165) is 22.6 Å². The summed E-state index contributed by atoms with van der Waals surface area (Å²) in [5, 5.41) is 28.3. The number of hydrogen-bond donors (Lipinski definition) is 2. The number of carbonyl (C=O) groups is 2. The van der Waals surface area contributed by atoms with E-state index in [1.807, 2.05) is 24.3 Å². The minimum Gasteiger partial charge on any atom is -0.480 e. The van der Waals surface area contributed by atoms with Crippen molar-refractivity contribution in [3.8, 4) is 5.69 Å². The average Bonchev–Trinajstić information content (AvgIpc) is 3.63. The number of aromatic nitrogens is 4. The lowest BCUT2D eigenvalue weighted by molar-refractivity contribution is -0.380. The molecule has 0 unspecified atom stereocenters. The summed E-state index contributed by atoms with van der Waals surface area (Å²) in [5.74, 6) is -1.26. The highest BCUT2D eigenvalue weighted by atomic mass is 32.1. The predicted octanol–water partition coefficient (Wildman–Crippen LogP) is 4.39. The van der Waals surface area contributed by atoms with Gasteiger partial charge in [-0.05, 0) is 42.0 Å². The van der Waals surface area contributed by atoms with E-state index in [1.165, 1.54) is 18.3 Å². The molecule has 3 aromatic heterocycles. The molecule has 4 aromatic rings. The average molecular weight is 536 g/mol. The zero-order valence-electron chi connectivity index (χ0n) is 20.9. The number of nitrogens with one attached hydrogen (secondary N) is 1. The van der Waals surface area contributed by atoms with Gasteiger partial charge in [-0.1, -0.05) is 44.2 Å². The number of nitrogens with zero attached hydrogens (tertiary/aromatic N) is 6. The SMILES string of the molecule is CC(C)(C)c1ccc(-n2ncc3c(NC(=O)c4ccc([N+](=O)[O-])s4)nc(N4CCC[C@H]4C(=O)O)nc32)cc1. The number of carbonyl (C=O) groups excluding carboxylic acids is 1. The molecule has 1 atom stereocenters. The number of rotatable bonds is 6. The summed E-state index contributed by atoms with van der Waals surface area (Å²) in [5.41, 5.74) is 2.24. The van der Waals surface area contributed by atoms with Crippen molar-refractivity contribution in [2.24, 2.45) is 0 Å². The highest BCUT2D eigenvalue weighted by Gasteiger charge is 2.33. The molecule has 13 heteroatoms. The van der Waals surface area contributed by atoms with E-state index in [-0.39, 0.29) is 27.1 Å². The molecule has 1 aliphatic heterocycles. The Kier molecular flexibility index (Phi) is 6.31. The minimum absolute atomic E-state index is 0.0318. The fourth-order valence-electron chi connectivity index (χ4n) is 4.39. The Balaban J connectivity index is 1.60. The first-order chi connectivity index (χ1) is 18.0. The van der Waals surface area contributed by atoms with Crippen molar-refractivity contribution in [3.05, 3.63) is 63.1 Å². The van der Waals surface area contributed by atoms with Gasteiger partial charge in [0.25, 0.3) is 5.91 Å². The highest BCUT2D eigenvalue weighted by molar-refractivity contribution is 7.17. The van der Waals surface area contributed by atoms with Gasteiger partial charge >= 0.3 is 11.0 Å². The number of fused-ring (bicyclic) bond motifs is 1. The molecular formula is C25H25N7O5S. The van der Waals surface area contributed by atoms with Crippen molar-refractivity contribution in [3.63, 3.8) is 0 Å². The Morgan fingerprint density at radius 1 is 1.16 bits per heavy atom. The monoisotopic (exact) mass is 535 g/mol. The lowest BCUT2D eigenvalue weighted by Gasteiger charge is -2.22. The van der Waals surface area contributed by atoms with Crippen LogP contribution in [0.3, 0.4) is 0 Å². The molecule has 0 saturated carbocycles. The van der Waals surface area contributed by atoms with E-state index >= 15 is 0 Å². The van der Waals surface area contributed by atoms with Gasteiger partial charge in [0, 0.05) is 12.6 Å². The van der Waals surface area contributed by atoms with Gasteiger partial charge in [0.1, 0.15) is 11.9 Å². The Hall–Kier alpha value is -4.39. The van der Waals surface area contributed by atoms with Crippen LogP contribution in [-0.4, -0.2) is 54.2 Å². The third kappa shape index (κ3) is 4.67. The zero-order valence-corrected chi connectivity index (χ0v) is 21.7. The van der Waals surface area contributed by atoms with Gasteiger partial charge in [0.15, 0.2) is 5.65 Å². The van der Waals surface area contributed by atoms with Crippen molar-refractivity contribution >= 4 is 51.0 Å². The number of nitro groups is 1. The summed E-state index contributed by atoms with van der Waals surface area (Å²) in [6, 6.07) is 9.72. The third-order valence-electron chi connectivity index (χ3n) is 6.42. The van der Waals surface area contributed by atoms with Crippen molar-refractivity contribution in [2.45, 2.75) is 45.1 Å². The summed E-state index contributed by atoms with van der Waals surface area (Å²) < 4.78 is 1.62. The van der Waals surface area contributed by atoms with Gasteiger partial charge in [0.2, 0.25) is 5.95 Å². The molecule has 1 aliphatic rings. The summed E-state index contributed by atoms with van der Waals surface area (Å²) in [7, 11) is 0. The van der Waals surface area contributed by atoms with Crippen LogP contribution in [0.5, 0.6) is 0 Å². The predicted molar refractivity (Wildman–Crippen MR) is 142 cm³/mol. The molecule has 0 spiro atoms. The second kappa shape index (κ2) is 9.49. The largest absolute Gasteiger partial charge is 0.480 e. The molecule has 0 radical (unpaired) electrons. The maximum absolute atomic E-state index is 13.0. The van der Waals surface area contributed by atoms with Gasteiger partial charge in [0.05, 0.1) is 27.1 Å². The van der Waals surface area contributed by atoms with Gasteiger partial charge in [-0.15, -0.1) is 0 Å². The fraction of sp³-hybridized carbons (Fsp3) is 0.320. The number of carboxylic acid groups (broad SMARTS) is 1. The second-order valence-electron chi connectivity index (χ2n) is 10.0. The molecule has 196 valence electrons. The first-order valence-corrected chi connectivity index (χ1v) is 12.8. The quantitative estimate of drug-likeness (QED) is 0.270. The number of benzene rings is 1. The van der Waals surface area contributed by atoms with Crippen molar-refractivity contribution in [1.82, 2.24) is 19.7 Å². The number of aliphatic carboxylic acids is 1. The molecule has 1 amide bonds. The molecule has 1 fully saturated rings. The van der Waals surface area contributed by atoms with Crippen molar-refractivity contribution in [1.29, 1.82) is 0 Å². The van der Waals surface area contributed by atoms with Crippen LogP contribution >= 0.6 is 11.3 Å². The zero-order chi connectivity index (χ0) is 27.2. The molecule has 5 rings (SSSR count). The van der Waals surface area contributed by atoms with Crippen LogP contribution in [-0.2, 0) is 10.2 Å². The van der Waals surface area contributed by atoms with E-state index in [2.05, 4.69) is 41.2 Å². The highest BCUT2D eigenvalue weighted by Crippen LogP contribution is 2.31. The maximum Gasteiger partial charge on any atom is 0.326 e. The van der Waals surface area contributed by atoms with Crippen molar-refractivity contribution < 1.29 is 19.6 Å².